The van der Waals surface area contributed by atoms with Crippen LogP contribution in [0.25, 0.3) is 0 Å². The van der Waals surface area contributed by atoms with Crippen molar-refractivity contribution in [2.24, 2.45) is 0 Å². The minimum absolute atomic E-state index is 1.19. The van der Waals surface area contributed by atoms with Crippen molar-refractivity contribution in [3.8, 4) is 0 Å². The highest BCUT2D eigenvalue weighted by molar-refractivity contribution is 8.05. The highest BCUT2D eigenvalue weighted by Gasteiger charge is 2.12. The van der Waals surface area contributed by atoms with E-state index >= 15 is 0 Å². The van der Waals surface area contributed by atoms with Gasteiger partial charge < -0.3 is 5.32 Å². The van der Waals surface area contributed by atoms with Crippen LogP contribution in [0.5, 0.6) is 0 Å². The zero-order chi connectivity index (χ0) is 5.98. The third-order valence-corrected chi connectivity index (χ3v) is 1.84. The van der Waals surface area contributed by atoms with E-state index in [4.69, 9.17) is 0 Å². The van der Waals surface area contributed by atoms with Crippen LogP contribution in [-0.2, 0) is 0 Å². The minimum atomic E-state index is 1.19. The van der Waals surface area contributed by atoms with Crippen LogP contribution in [0.2, 0.25) is 0 Å². The summed E-state index contributed by atoms with van der Waals surface area (Å²) in [4.78, 5) is 2.05. The number of hydrogen-bond acceptors (Lipinski definition) is 3. The molecule has 1 heterocycles. The fourth-order valence-electron chi connectivity index (χ4n) is 0.472. The smallest absolute Gasteiger partial charge is 0.191 e. The Morgan fingerprint density at radius 3 is 2.62 bits per heavy atom. The molecule has 1 aliphatic rings. The molecule has 0 amide bonds. The van der Waals surface area contributed by atoms with E-state index < -0.39 is 0 Å². The lowest BCUT2D eigenvalue weighted by Gasteiger charge is -2.15. The molecular formula is C5H9N2S. The summed E-state index contributed by atoms with van der Waals surface area (Å²) in [5.74, 6) is 0. The summed E-state index contributed by atoms with van der Waals surface area (Å²) in [6, 6.07) is 0. The molecule has 0 aromatic heterocycles. The number of thioether (sulfide) groups is 1. The lowest BCUT2D eigenvalue weighted by Crippen LogP contribution is -2.24. The Labute approximate surface area is 53.9 Å². The van der Waals surface area contributed by atoms with E-state index in [1.54, 1.807) is 11.8 Å². The third-order valence-electron chi connectivity index (χ3n) is 0.861. The summed E-state index contributed by atoms with van der Waals surface area (Å²) in [5, 5.41) is 5.10. The second-order valence-electron chi connectivity index (χ2n) is 1.76. The highest BCUT2D eigenvalue weighted by atomic mass is 32.2. The van der Waals surface area contributed by atoms with E-state index in [9.17, 15) is 0 Å². The van der Waals surface area contributed by atoms with Crippen molar-refractivity contribution in [3.05, 3.63) is 17.1 Å². The number of hydrogen-bond donors (Lipinski definition) is 1. The maximum Gasteiger partial charge on any atom is 0.191 e. The fourth-order valence-corrected chi connectivity index (χ4v) is 1.08. The van der Waals surface area contributed by atoms with Crippen molar-refractivity contribution in [1.82, 2.24) is 10.2 Å². The molecule has 0 saturated heterocycles. The van der Waals surface area contributed by atoms with E-state index in [2.05, 4.69) is 5.32 Å². The molecule has 0 saturated carbocycles. The van der Waals surface area contributed by atoms with Gasteiger partial charge in [-0.2, -0.15) is 0 Å². The van der Waals surface area contributed by atoms with Gasteiger partial charge in [0.1, 0.15) is 0 Å². The Kier molecular flexibility index (Phi) is 1.81. The zero-order valence-electron chi connectivity index (χ0n) is 5.01. The zero-order valence-corrected chi connectivity index (χ0v) is 5.83. The number of rotatable bonds is 1. The molecule has 0 atom stereocenters. The van der Waals surface area contributed by atoms with Gasteiger partial charge in [0.15, 0.2) is 5.50 Å². The topological polar surface area (TPSA) is 15.3 Å². The van der Waals surface area contributed by atoms with Crippen molar-refractivity contribution in [2.45, 2.75) is 0 Å². The average molecular weight is 129 g/mol. The lowest BCUT2D eigenvalue weighted by molar-refractivity contribution is 0.453. The van der Waals surface area contributed by atoms with Crippen molar-refractivity contribution < 1.29 is 0 Å². The molecule has 0 fully saturated rings. The van der Waals surface area contributed by atoms with Gasteiger partial charge >= 0.3 is 0 Å². The SMILES string of the molecule is CN(C)[C]1NC=CS1. The van der Waals surface area contributed by atoms with Crippen LogP contribution in [0, 0.1) is 5.50 Å². The predicted molar refractivity (Wildman–Crippen MR) is 36.8 cm³/mol. The Morgan fingerprint density at radius 1 is 1.62 bits per heavy atom. The molecule has 0 bridgehead atoms. The summed E-state index contributed by atoms with van der Waals surface area (Å²) in [7, 11) is 4.03. The molecule has 1 aliphatic heterocycles. The van der Waals surface area contributed by atoms with E-state index in [0.717, 1.165) is 0 Å². The fraction of sp³-hybridized carbons (Fsp3) is 0.400. The van der Waals surface area contributed by atoms with Gasteiger partial charge in [0.2, 0.25) is 0 Å². The van der Waals surface area contributed by atoms with Crippen LogP contribution in [0.15, 0.2) is 11.6 Å². The van der Waals surface area contributed by atoms with Gasteiger partial charge in [0.25, 0.3) is 0 Å². The van der Waals surface area contributed by atoms with Crippen LogP contribution in [-0.4, -0.2) is 19.0 Å². The summed E-state index contributed by atoms with van der Waals surface area (Å²) in [6.07, 6.45) is 1.93. The van der Waals surface area contributed by atoms with Gasteiger partial charge in [0, 0.05) is 6.20 Å². The summed E-state index contributed by atoms with van der Waals surface area (Å²) < 4.78 is 0. The minimum Gasteiger partial charge on any atom is -0.360 e. The van der Waals surface area contributed by atoms with Crippen molar-refractivity contribution >= 4 is 11.8 Å². The van der Waals surface area contributed by atoms with Crippen LogP contribution >= 0.6 is 11.8 Å². The van der Waals surface area contributed by atoms with Gasteiger partial charge in [-0.1, -0.05) is 11.8 Å². The van der Waals surface area contributed by atoms with Crippen LogP contribution in [0.3, 0.4) is 0 Å². The van der Waals surface area contributed by atoms with E-state index in [-0.39, 0.29) is 0 Å². The Hall–Kier alpha value is -0.150. The molecule has 0 spiro atoms. The lowest BCUT2D eigenvalue weighted by atomic mass is 10.8. The first-order valence-electron chi connectivity index (χ1n) is 2.43. The van der Waals surface area contributed by atoms with Gasteiger partial charge in [-0.05, 0) is 19.5 Å². The maximum atomic E-state index is 3.08. The van der Waals surface area contributed by atoms with E-state index in [1.165, 1.54) is 5.50 Å². The van der Waals surface area contributed by atoms with Gasteiger partial charge in [0.05, 0.1) is 0 Å². The average Bonchev–Trinajstić information content (AvgIpc) is 2.12. The monoisotopic (exact) mass is 129 g/mol. The molecule has 0 aromatic carbocycles. The number of nitrogens with zero attached hydrogens (tertiary/aromatic N) is 1. The summed E-state index contributed by atoms with van der Waals surface area (Å²) in [5.41, 5.74) is 1.19. The largest absolute Gasteiger partial charge is 0.360 e. The molecule has 8 heavy (non-hydrogen) atoms. The van der Waals surface area contributed by atoms with Gasteiger partial charge in [-0.25, -0.2) is 0 Å². The molecule has 0 aromatic rings. The van der Waals surface area contributed by atoms with Crippen LogP contribution < -0.4 is 5.32 Å². The first-order chi connectivity index (χ1) is 3.80. The van der Waals surface area contributed by atoms with Crippen molar-refractivity contribution in [2.75, 3.05) is 14.1 Å². The van der Waals surface area contributed by atoms with E-state index in [1.807, 2.05) is 30.6 Å². The molecular weight excluding hydrogens is 120 g/mol. The van der Waals surface area contributed by atoms with Crippen LogP contribution in [0.4, 0.5) is 0 Å². The number of nitrogens with one attached hydrogen (secondary N) is 1. The van der Waals surface area contributed by atoms with Crippen molar-refractivity contribution in [1.29, 1.82) is 0 Å². The molecule has 2 nitrogen and oxygen atoms in total. The van der Waals surface area contributed by atoms with Gasteiger partial charge in [-0.3, -0.25) is 4.90 Å². The highest BCUT2D eigenvalue weighted by Crippen LogP contribution is 2.23. The first-order valence-corrected chi connectivity index (χ1v) is 3.31. The van der Waals surface area contributed by atoms with Crippen molar-refractivity contribution in [3.63, 3.8) is 0 Å². The standard InChI is InChI=1S/C5H9N2S/c1-7(2)5-6-3-4-8-5/h3-4,6H,1-2H3. The Morgan fingerprint density at radius 2 is 2.38 bits per heavy atom. The van der Waals surface area contributed by atoms with Crippen LogP contribution in [0.1, 0.15) is 0 Å². The maximum absolute atomic E-state index is 3.08. The molecule has 3 heteroatoms. The molecule has 45 valence electrons. The van der Waals surface area contributed by atoms with E-state index in [0.29, 0.717) is 0 Å². The molecule has 1 rings (SSSR count). The summed E-state index contributed by atoms with van der Waals surface area (Å²) >= 11 is 1.70. The Bertz CT molecular complexity index is 92.6. The predicted octanol–water partition coefficient (Wildman–Crippen LogP) is 0.803. The molecule has 0 aliphatic carbocycles. The quantitative estimate of drug-likeness (QED) is 0.564. The normalized spacial score (nSPS) is 19.9. The summed E-state index contributed by atoms with van der Waals surface area (Å²) in [6.45, 7) is 0. The molecule has 1 radical (unpaired) electrons. The second-order valence-corrected chi connectivity index (χ2v) is 2.66. The molecule has 0 unspecified atom stereocenters. The third kappa shape index (κ3) is 1.17. The first kappa shape index (κ1) is 5.98. The second kappa shape index (κ2) is 2.42. The Balaban J connectivity index is 2.29. The van der Waals surface area contributed by atoms with Gasteiger partial charge in [-0.15, -0.1) is 0 Å². The molecule has 1 N–H and O–H groups in total.